The SMILES string of the molecule is [C-]#[N+]c1cccc2c3ccccc3n(-c3ccc4sc5ccc(-c6cccc(-n7c8ccccc8c8ccccc87)c6)cc5c4c3)c12. The van der Waals surface area contributed by atoms with Crippen molar-refractivity contribution in [3.63, 3.8) is 0 Å². The van der Waals surface area contributed by atoms with Gasteiger partial charge in [-0.1, -0.05) is 91.0 Å². The number of thiophene rings is 1. The Bertz CT molecular complexity index is 2880. The van der Waals surface area contributed by atoms with Gasteiger partial charge in [0.1, 0.15) is 0 Å². The van der Waals surface area contributed by atoms with Crippen molar-refractivity contribution in [2.45, 2.75) is 0 Å². The van der Waals surface area contributed by atoms with Crippen LogP contribution < -0.4 is 0 Å². The summed E-state index contributed by atoms with van der Waals surface area (Å²) in [5, 5.41) is 7.28. The molecule has 0 saturated heterocycles. The van der Waals surface area contributed by atoms with Crippen molar-refractivity contribution < 1.29 is 0 Å². The van der Waals surface area contributed by atoms with E-state index in [2.05, 4.69) is 154 Å². The highest BCUT2D eigenvalue weighted by Crippen LogP contribution is 2.41. The van der Waals surface area contributed by atoms with Gasteiger partial charge in [0.25, 0.3) is 0 Å². The minimum absolute atomic E-state index is 0.666. The summed E-state index contributed by atoms with van der Waals surface area (Å²) in [6.07, 6.45) is 0. The molecule has 10 aromatic rings. The van der Waals surface area contributed by atoms with Gasteiger partial charge in [0.05, 0.1) is 28.6 Å². The molecule has 0 atom stereocenters. The molecule has 0 aliphatic carbocycles. The van der Waals surface area contributed by atoms with E-state index >= 15 is 0 Å². The molecular weight excluding hydrogens is 591 g/mol. The molecule has 0 saturated carbocycles. The molecule has 10 rings (SSSR count). The van der Waals surface area contributed by atoms with E-state index in [4.69, 9.17) is 6.57 Å². The van der Waals surface area contributed by atoms with Crippen LogP contribution in [-0.4, -0.2) is 9.13 Å². The molecular formula is C43H25N3S. The molecule has 218 valence electrons. The summed E-state index contributed by atoms with van der Waals surface area (Å²) >= 11 is 1.83. The summed E-state index contributed by atoms with van der Waals surface area (Å²) in [4.78, 5) is 3.92. The van der Waals surface area contributed by atoms with Crippen LogP contribution in [-0.2, 0) is 0 Å². The molecule has 4 heteroatoms. The molecule has 0 spiro atoms. The second kappa shape index (κ2) is 9.92. The summed E-state index contributed by atoms with van der Waals surface area (Å²) in [5.41, 5.74) is 9.76. The third-order valence-corrected chi connectivity index (χ3v) is 10.7. The highest BCUT2D eigenvalue weighted by atomic mass is 32.1. The van der Waals surface area contributed by atoms with Gasteiger partial charge in [-0.15, -0.1) is 11.3 Å². The zero-order chi connectivity index (χ0) is 31.1. The van der Waals surface area contributed by atoms with Crippen LogP contribution in [0.25, 0.3) is 91.1 Å². The Kier molecular flexibility index (Phi) is 5.51. The van der Waals surface area contributed by atoms with Gasteiger partial charge in [0.2, 0.25) is 5.69 Å². The fourth-order valence-electron chi connectivity index (χ4n) is 7.47. The van der Waals surface area contributed by atoms with Crippen LogP contribution >= 0.6 is 11.3 Å². The lowest BCUT2D eigenvalue weighted by molar-refractivity contribution is 1.18. The molecule has 3 nitrogen and oxygen atoms in total. The zero-order valence-corrected chi connectivity index (χ0v) is 26.0. The highest BCUT2D eigenvalue weighted by Gasteiger charge is 2.17. The third kappa shape index (κ3) is 3.78. The Morgan fingerprint density at radius 1 is 0.426 bits per heavy atom. The van der Waals surface area contributed by atoms with E-state index in [-0.39, 0.29) is 0 Å². The van der Waals surface area contributed by atoms with Crippen LogP contribution in [0.4, 0.5) is 5.69 Å². The van der Waals surface area contributed by atoms with Gasteiger partial charge in [-0.3, -0.25) is 0 Å². The molecule has 3 aromatic heterocycles. The van der Waals surface area contributed by atoms with E-state index in [0.717, 1.165) is 33.2 Å². The van der Waals surface area contributed by atoms with E-state index in [1.807, 2.05) is 23.5 Å². The van der Waals surface area contributed by atoms with Crippen LogP contribution in [0, 0.1) is 6.57 Å². The monoisotopic (exact) mass is 615 g/mol. The first-order valence-electron chi connectivity index (χ1n) is 15.7. The summed E-state index contributed by atoms with van der Waals surface area (Å²) in [7, 11) is 0. The predicted octanol–water partition coefficient (Wildman–Crippen LogP) is 12.5. The summed E-state index contributed by atoms with van der Waals surface area (Å²) < 4.78 is 7.16. The van der Waals surface area contributed by atoms with E-state index in [0.29, 0.717) is 5.69 Å². The second-order valence-electron chi connectivity index (χ2n) is 12.1. The van der Waals surface area contributed by atoms with Gasteiger partial charge < -0.3 is 9.13 Å². The topological polar surface area (TPSA) is 14.2 Å². The van der Waals surface area contributed by atoms with E-state index in [1.165, 1.54) is 53.1 Å². The van der Waals surface area contributed by atoms with Gasteiger partial charge in [0, 0.05) is 47.7 Å². The summed E-state index contributed by atoms with van der Waals surface area (Å²) in [6, 6.07) is 54.3. The normalized spacial score (nSPS) is 11.8. The molecule has 3 heterocycles. The smallest absolute Gasteiger partial charge is 0.211 e. The maximum atomic E-state index is 7.93. The maximum absolute atomic E-state index is 7.93. The van der Waals surface area contributed by atoms with Crippen molar-refractivity contribution >= 4 is 80.8 Å². The number of rotatable bonds is 3. The minimum Gasteiger partial charge on any atom is -0.319 e. The third-order valence-electron chi connectivity index (χ3n) is 9.52. The Balaban J connectivity index is 1.16. The van der Waals surface area contributed by atoms with Crippen molar-refractivity contribution in [1.29, 1.82) is 0 Å². The van der Waals surface area contributed by atoms with E-state index < -0.39 is 0 Å². The molecule has 47 heavy (non-hydrogen) atoms. The van der Waals surface area contributed by atoms with Crippen molar-refractivity contribution in [2.75, 3.05) is 0 Å². The fourth-order valence-corrected chi connectivity index (χ4v) is 8.53. The Hall–Kier alpha value is -6.15. The minimum atomic E-state index is 0.666. The number of hydrogen-bond donors (Lipinski definition) is 0. The van der Waals surface area contributed by atoms with Crippen LogP contribution in [0.15, 0.2) is 152 Å². The standard InChI is InChI=1S/C43H25N3S/c1-44-37-16-9-15-34-33-14-4-7-19-40(33)46(43(34)37)30-21-23-42-36(26-30)35-25-28(20-22-41(35)47-42)27-10-8-11-29(24-27)45-38-17-5-2-12-31(38)32-13-3-6-18-39(32)45/h2-26H. The molecule has 7 aromatic carbocycles. The van der Waals surface area contributed by atoms with Crippen LogP contribution in [0.1, 0.15) is 0 Å². The average molecular weight is 616 g/mol. The molecule has 0 unspecified atom stereocenters. The van der Waals surface area contributed by atoms with E-state index in [9.17, 15) is 0 Å². The Labute approximate surface area is 274 Å². The Morgan fingerprint density at radius 3 is 1.70 bits per heavy atom. The Morgan fingerprint density at radius 2 is 0.979 bits per heavy atom. The highest BCUT2D eigenvalue weighted by molar-refractivity contribution is 7.25. The number of nitrogens with zero attached hydrogens (tertiary/aromatic N) is 3. The van der Waals surface area contributed by atoms with Crippen molar-refractivity contribution in [3.8, 4) is 22.5 Å². The number of aromatic nitrogens is 2. The zero-order valence-electron chi connectivity index (χ0n) is 25.2. The summed E-state index contributed by atoms with van der Waals surface area (Å²) in [5.74, 6) is 0. The van der Waals surface area contributed by atoms with E-state index in [1.54, 1.807) is 0 Å². The van der Waals surface area contributed by atoms with Crippen molar-refractivity contribution in [1.82, 2.24) is 9.13 Å². The molecule has 0 N–H and O–H groups in total. The van der Waals surface area contributed by atoms with Crippen molar-refractivity contribution in [2.24, 2.45) is 0 Å². The van der Waals surface area contributed by atoms with Crippen LogP contribution in [0.2, 0.25) is 0 Å². The van der Waals surface area contributed by atoms with Crippen LogP contribution in [0.5, 0.6) is 0 Å². The first kappa shape index (κ1) is 26.1. The fraction of sp³-hybridized carbons (Fsp3) is 0. The van der Waals surface area contributed by atoms with Gasteiger partial charge >= 0.3 is 0 Å². The molecule has 0 aliphatic rings. The summed E-state index contributed by atoms with van der Waals surface area (Å²) in [6.45, 7) is 7.93. The van der Waals surface area contributed by atoms with Gasteiger partial charge in [-0.05, 0) is 77.2 Å². The predicted molar refractivity (Wildman–Crippen MR) is 200 cm³/mol. The van der Waals surface area contributed by atoms with Gasteiger partial charge in [0.15, 0.2) is 0 Å². The largest absolute Gasteiger partial charge is 0.319 e. The second-order valence-corrected chi connectivity index (χ2v) is 13.1. The number of fused-ring (bicyclic) bond motifs is 9. The molecule has 0 bridgehead atoms. The lowest BCUT2D eigenvalue weighted by Gasteiger charge is -2.11. The first-order valence-corrected chi connectivity index (χ1v) is 16.5. The molecule has 0 aliphatic heterocycles. The first-order chi connectivity index (χ1) is 23.3. The van der Waals surface area contributed by atoms with Gasteiger partial charge in [-0.25, -0.2) is 4.85 Å². The number of para-hydroxylation sites is 4. The number of benzene rings is 7. The van der Waals surface area contributed by atoms with Gasteiger partial charge in [-0.2, -0.15) is 0 Å². The lowest BCUT2D eigenvalue weighted by atomic mass is 10.0. The van der Waals surface area contributed by atoms with Crippen molar-refractivity contribution in [3.05, 3.63) is 163 Å². The quantitative estimate of drug-likeness (QED) is 0.176. The number of hydrogen-bond acceptors (Lipinski definition) is 1. The average Bonchev–Trinajstić information content (AvgIpc) is 3.79. The molecule has 0 radical (unpaired) electrons. The molecule has 0 amide bonds. The lowest BCUT2D eigenvalue weighted by Crippen LogP contribution is -1.94. The maximum Gasteiger partial charge on any atom is 0.211 e. The van der Waals surface area contributed by atoms with Crippen LogP contribution in [0.3, 0.4) is 0 Å². The molecule has 0 fully saturated rings.